The Kier molecular flexibility index (Phi) is 15.7. The molecule has 0 atom stereocenters. The Morgan fingerprint density at radius 1 is 0.511 bits per heavy atom. The summed E-state index contributed by atoms with van der Waals surface area (Å²) in [4.78, 5) is 23.8. The Bertz CT molecular complexity index is 1420. The summed E-state index contributed by atoms with van der Waals surface area (Å²) >= 11 is -0.556. The number of carbonyl (C=O) groups is 2. The van der Waals surface area contributed by atoms with E-state index in [4.69, 9.17) is 18.6 Å². The van der Waals surface area contributed by atoms with Gasteiger partial charge in [0, 0.05) is 34.7 Å². The van der Waals surface area contributed by atoms with Crippen molar-refractivity contribution in [1.82, 2.24) is 0 Å². The number of benzene rings is 4. The molecule has 4 nitrogen and oxygen atoms in total. The first-order valence-corrected chi connectivity index (χ1v) is 17.0. The van der Waals surface area contributed by atoms with Gasteiger partial charge < -0.3 is 10.6 Å². The van der Waals surface area contributed by atoms with Gasteiger partial charge in [0.2, 0.25) is 0 Å². The van der Waals surface area contributed by atoms with Crippen molar-refractivity contribution in [2.75, 3.05) is 10.6 Å². The number of carbonyl (C=O) groups excluding carboxylic acids is 2. The Morgan fingerprint density at radius 2 is 0.756 bits per heavy atom. The average Bonchev–Trinajstić information content (AvgIpc) is 3.02. The summed E-state index contributed by atoms with van der Waals surface area (Å²) in [6.45, 7) is 0. The van der Waals surface area contributed by atoms with Gasteiger partial charge in [-0.15, -0.1) is 0 Å². The Labute approximate surface area is 272 Å². The Hall–Kier alpha value is -3.83. The van der Waals surface area contributed by atoms with E-state index in [1.54, 1.807) is 72.8 Å². The third-order valence-electron chi connectivity index (χ3n) is 5.38. The molecule has 0 unspecified atom stereocenters. The van der Waals surface area contributed by atoms with Crippen LogP contribution in [0.4, 0.5) is 37.7 Å². The molecule has 4 aromatic carbocycles. The molecule has 0 aliphatic carbocycles. The summed E-state index contributed by atoms with van der Waals surface area (Å²) in [6, 6.07) is 31.4. The number of anilines is 2. The SMILES string of the molecule is O=C(/C=C(\Nc1ccccc1)C(F)(F)F)c1ccccc1.O=C(/C=C(\Nc1ccccc1)C(F)(F)F)c1ccccc1.[Cl][Ti][Cl]. The van der Waals surface area contributed by atoms with Gasteiger partial charge in [-0.3, -0.25) is 9.59 Å². The number of para-hydroxylation sites is 2. The van der Waals surface area contributed by atoms with E-state index in [0.717, 1.165) is 0 Å². The number of rotatable bonds is 8. The summed E-state index contributed by atoms with van der Waals surface area (Å²) in [5.74, 6) is -1.40. The molecule has 0 radical (unpaired) electrons. The minimum atomic E-state index is -4.64. The maximum absolute atomic E-state index is 13.0. The van der Waals surface area contributed by atoms with Gasteiger partial charge in [0.1, 0.15) is 11.4 Å². The number of hydrogen-bond donors (Lipinski definition) is 2. The van der Waals surface area contributed by atoms with Crippen molar-refractivity contribution in [3.05, 3.63) is 156 Å². The first-order chi connectivity index (χ1) is 21.3. The van der Waals surface area contributed by atoms with Crippen LogP contribution in [-0.4, -0.2) is 23.9 Å². The number of allylic oxidation sites excluding steroid dienone is 4. The van der Waals surface area contributed by atoms with Crippen LogP contribution in [0.2, 0.25) is 0 Å². The van der Waals surface area contributed by atoms with Gasteiger partial charge in [-0.05, 0) is 24.3 Å². The van der Waals surface area contributed by atoms with Crippen molar-refractivity contribution in [3.63, 3.8) is 0 Å². The molecule has 0 spiro atoms. The standard InChI is InChI=1S/2C16H12F3NO.2ClH.Ti/c2*17-16(18,19)15(20-13-9-5-2-6-10-13)11-14(21)12-7-3-1-4-8-12;;;/h2*1-11,20H;2*1H;/q;;;;+2/p-2/b2*15-11-;;;. The van der Waals surface area contributed by atoms with Crippen LogP contribution in [0.15, 0.2) is 145 Å². The molecule has 0 aromatic heterocycles. The quantitative estimate of drug-likeness (QED) is 0.0832. The zero-order chi connectivity index (χ0) is 33.3. The molecule has 0 amide bonds. The topological polar surface area (TPSA) is 58.2 Å². The monoisotopic (exact) mass is 700 g/mol. The molecule has 0 saturated heterocycles. The number of alkyl halides is 6. The molecule has 0 fully saturated rings. The fourth-order valence-electron chi connectivity index (χ4n) is 3.37. The van der Waals surface area contributed by atoms with Gasteiger partial charge >= 0.3 is 48.0 Å². The summed E-state index contributed by atoms with van der Waals surface area (Å²) in [7, 11) is 9.78. The molecule has 0 aliphatic rings. The molecule has 4 rings (SSSR count). The van der Waals surface area contributed by atoms with Crippen molar-refractivity contribution < 1.29 is 53.0 Å². The van der Waals surface area contributed by atoms with E-state index in [9.17, 15) is 35.9 Å². The van der Waals surface area contributed by atoms with Gasteiger partial charge in [0.05, 0.1) is 0 Å². The number of halogens is 8. The molecule has 13 heteroatoms. The third kappa shape index (κ3) is 14.2. The van der Waals surface area contributed by atoms with Crippen molar-refractivity contribution in [2.45, 2.75) is 12.4 Å². The molecular formula is C32H24Cl2F6N2O2Ti. The predicted molar refractivity (Wildman–Crippen MR) is 162 cm³/mol. The van der Waals surface area contributed by atoms with E-state index in [-0.39, 0.29) is 22.5 Å². The van der Waals surface area contributed by atoms with Gasteiger partial charge in [-0.1, -0.05) is 97.1 Å². The van der Waals surface area contributed by atoms with Crippen LogP contribution in [-0.2, 0) is 17.0 Å². The van der Waals surface area contributed by atoms with E-state index >= 15 is 0 Å². The maximum atomic E-state index is 13.0. The molecule has 234 valence electrons. The summed E-state index contributed by atoms with van der Waals surface area (Å²) in [6.07, 6.45) is -8.13. The number of nitrogens with one attached hydrogen (secondary N) is 2. The normalized spacial score (nSPS) is 11.6. The molecule has 2 N–H and O–H groups in total. The van der Waals surface area contributed by atoms with E-state index in [1.165, 1.54) is 48.5 Å². The van der Waals surface area contributed by atoms with Gasteiger partial charge in [0.25, 0.3) is 0 Å². The predicted octanol–water partition coefficient (Wildman–Crippen LogP) is 10.2. The van der Waals surface area contributed by atoms with Crippen LogP contribution in [0, 0.1) is 0 Å². The third-order valence-corrected chi connectivity index (χ3v) is 5.38. The molecular weight excluding hydrogens is 677 g/mol. The second kappa shape index (κ2) is 18.9. The first-order valence-electron chi connectivity index (χ1n) is 12.7. The van der Waals surface area contributed by atoms with Crippen LogP contribution < -0.4 is 10.6 Å². The van der Waals surface area contributed by atoms with Crippen molar-refractivity contribution in [1.29, 1.82) is 0 Å². The second-order valence-corrected chi connectivity index (χ2v) is 11.2. The van der Waals surface area contributed by atoms with Crippen molar-refractivity contribution in [2.24, 2.45) is 0 Å². The van der Waals surface area contributed by atoms with Gasteiger partial charge in [-0.25, -0.2) is 0 Å². The summed E-state index contributed by atoms with van der Waals surface area (Å²) < 4.78 is 78.0. The average molecular weight is 701 g/mol. The minimum absolute atomic E-state index is 0.203. The van der Waals surface area contributed by atoms with Crippen molar-refractivity contribution in [3.8, 4) is 0 Å². The van der Waals surface area contributed by atoms with Crippen LogP contribution in [0.3, 0.4) is 0 Å². The molecule has 0 aliphatic heterocycles. The molecule has 0 heterocycles. The number of hydrogen-bond acceptors (Lipinski definition) is 4. The van der Waals surface area contributed by atoms with E-state index in [1.807, 2.05) is 0 Å². The Balaban J connectivity index is 0.000000288. The molecule has 0 bridgehead atoms. The Morgan fingerprint density at radius 3 is 1.00 bits per heavy atom. The first kappa shape index (κ1) is 37.4. The number of ketones is 2. The molecule has 45 heavy (non-hydrogen) atoms. The summed E-state index contributed by atoms with van der Waals surface area (Å²) in [5.41, 5.74) is -1.25. The van der Waals surface area contributed by atoms with E-state index in [0.29, 0.717) is 12.2 Å². The second-order valence-electron chi connectivity index (χ2n) is 8.63. The fourth-order valence-corrected chi connectivity index (χ4v) is 3.37. The van der Waals surface area contributed by atoms with E-state index in [2.05, 4.69) is 10.6 Å². The fraction of sp³-hybridized carbons (Fsp3) is 0.0625. The van der Waals surface area contributed by atoms with E-state index < -0.39 is 52.3 Å². The summed E-state index contributed by atoms with van der Waals surface area (Å²) in [5, 5.41) is 4.47. The van der Waals surface area contributed by atoms with Crippen LogP contribution in [0.1, 0.15) is 20.7 Å². The zero-order valence-electron chi connectivity index (χ0n) is 23.0. The van der Waals surface area contributed by atoms with Crippen LogP contribution in [0.5, 0.6) is 0 Å². The van der Waals surface area contributed by atoms with Gasteiger partial charge in [-0.2, -0.15) is 26.3 Å². The van der Waals surface area contributed by atoms with Crippen LogP contribution >= 0.6 is 18.6 Å². The van der Waals surface area contributed by atoms with Crippen molar-refractivity contribution >= 4 is 41.6 Å². The zero-order valence-corrected chi connectivity index (χ0v) is 26.1. The van der Waals surface area contributed by atoms with Crippen LogP contribution in [0.25, 0.3) is 0 Å². The molecule has 0 saturated carbocycles. The van der Waals surface area contributed by atoms with Gasteiger partial charge in [0.15, 0.2) is 11.6 Å². The molecule has 4 aromatic rings.